The molecule has 0 aliphatic rings. The lowest BCUT2D eigenvalue weighted by Crippen LogP contribution is -2.50. The number of ether oxygens (including phenoxy) is 3. The second kappa shape index (κ2) is 36.3. The Hall–Kier alpha value is -2.71. The highest BCUT2D eigenvalue weighted by molar-refractivity contribution is 5.72. The highest BCUT2D eigenvalue weighted by Crippen LogP contribution is 2.14. The van der Waals surface area contributed by atoms with E-state index in [0.717, 1.165) is 70.6 Å². The summed E-state index contributed by atoms with van der Waals surface area (Å²) >= 11 is 0. The fraction of sp³-hybridized carbons (Fsp3) is 0.756. The van der Waals surface area contributed by atoms with Crippen molar-refractivity contribution in [3.8, 4) is 0 Å². The summed E-state index contributed by atoms with van der Waals surface area (Å²) in [5.41, 5.74) is 0. The number of esters is 2. The van der Waals surface area contributed by atoms with Crippen LogP contribution in [0.25, 0.3) is 0 Å². The molecule has 0 aromatic heterocycles. The summed E-state index contributed by atoms with van der Waals surface area (Å²) < 4.78 is 17.2. The van der Waals surface area contributed by atoms with Crippen LogP contribution < -0.4 is 0 Å². The van der Waals surface area contributed by atoms with E-state index in [2.05, 4.69) is 62.5 Å². The maximum absolute atomic E-state index is 12.7. The molecule has 2 unspecified atom stereocenters. The molecule has 0 aromatic carbocycles. The van der Waals surface area contributed by atoms with Crippen molar-refractivity contribution in [1.29, 1.82) is 0 Å². The summed E-state index contributed by atoms with van der Waals surface area (Å²) in [7, 11) is 5.51. The average molecular weight is 747 g/mol. The lowest BCUT2D eigenvalue weighted by Gasteiger charge is -2.31. The number of hydrogen-bond donors (Lipinski definition) is 1. The van der Waals surface area contributed by atoms with Crippen molar-refractivity contribution in [2.24, 2.45) is 0 Å². The number of allylic oxidation sites excluding steroid dienone is 8. The first-order valence-electron chi connectivity index (χ1n) is 21.2. The van der Waals surface area contributed by atoms with Gasteiger partial charge in [0, 0.05) is 19.3 Å². The molecule has 0 saturated heterocycles. The van der Waals surface area contributed by atoms with Gasteiger partial charge in [0.15, 0.2) is 12.1 Å². The normalized spacial score (nSPS) is 13.5. The summed E-state index contributed by atoms with van der Waals surface area (Å²) in [6, 6.07) is -0.614. The average Bonchev–Trinajstić information content (AvgIpc) is 3.11. The molecule has 0 heterocycles. The molecule has 306 valence electrons. The number of rotatable bonds is 37. The Balaban J connectivity index is 4.28. The zero-order chi connectivity index (χ0) is 39.3. The molecule has 0 radical (unpaired) electrons. The van der Waals surface area contributed by atoms with Gasteiger partial charge in [-0.3, -0.25) is 9.59 Å². The van der Waals surface area contributed by atoms with Crippen molar-refractivity contribution in [3.05, 3.63) is 48.6 Å². The van der Waals surface area contributed by atoms with Crippen molar-refractivity contribution in [3.63, 3.8) is 0 Å². The lowest BCUT2D eigenvalue weighted by molar-refractivity contribution is -0.887. The van der Waals surface area contributed by atoms with Crippen LogP contribution >= 0.6 is 0 Å². The summed E-state index contributed by atoms with van der Waals surface area (Å²) in [6.07, 6.45) is 41.6. The molecule has 0 saturated carbocycles. The number of aliphatic carboxylic acids is 1. The molecule has 53 heavy (non-hydrogen) atoms. The zero-order valence-corrected chi connectivity index (χ0v) is 34.7. The predicted octanol–water partition coefficient (Wildman–Crippen LogP) is 11.2. The molecule has 0 aliphatic heterocycles. The Morgan fingerprint density at radius 3 is 1.57 bits per heavy atom. The van der Waals surface area contributed by atoms with E-state index in [1.165, 1.54) is 64.2 Å². The van der Waals surface area contributed by atoms with Gasteiger partial charge >= 0.3 is 17.9 Å². The third kappa shape index (κ3) is 34.8. The minimum absolute atomic E-state index is 0.0540. The molecule has 0 aromatic rings. The number of carbonyl (C=O) groups is 3. The number of quaternary nitrogens is 1. The van der Waals surface area contributed by atoms with Crippen molar-refractivity contribution in [2.45, 2.75) is 180 Å². The van der Waals surface area contributed by atoms with Gasteiger partial charge in [-0.2, -0.15) is 0 Å². The van der Waals surface area contributed by atoms with E-state index in [-0.39, 0.29) is 36.2 Å². The van der Waals surface area contributed by atoms with E-state index < -0.39 is 18.1 Å². The van der Waals surface area contributed by atoms with E-state index in [9.17, 15) is 19.5 Å². The number of carbonyl (C=O) groups excluding carboxylic acids is 2. The van der Waals surface area contributed by atoms with Gasteiger partial charge < -0.3 is 23.8 Å². The number of likely N-dealkylation sites (N-methyl/N-ethyl adjacent to an activating group) is 1. The number of carboxylic acids is 1. The van der Waals surface area contributed by atoms with E-state index in [0.29, 0.717) is 19.3 Å². The smallest absolute Gasteiger partial charge is 0.362 e. The van der Waals surface area contributed by atoms with Gasteiger partial charge in [-0.1, -0.05) is 146 Å². The Morgan fingerprint density at radius 1 is 0.585 bits per heavy atom. The highest BCUT2D eigenvalue weighted by atomic mass is 16.6. The van der Waals surface area contributed by atoms with Gasteiger partial charge in [0.05, 0.1) is 34.4 Å². The summed E-state index contributed by atoms with van der Waals surface area (Å²) in [5.74, 6) is -1.48. The molecule has 1 N–H and O–H groups in total. The Bertz CT molecular complexity index is 1010. The van der Waals surface area contributed by atoms with E-state index in [1.807, 2.05) is 21.1 Å². The lowest BCUT2D eigenvalue weighted by atomic mass is 10.1. The van der Waals surface area contributed by atoms with E-state index in [4.69, 9.17) is 14.2 Å². The minimum Gasteiger partial charge on any atom is -0.477 e. The third-order valence-electron chi connectivity index (χ3n) is 9.24. The molecule has 0 fully saturated rings. The molecule has 0 spiro atoms. The Kier molecular flexibility index (Phi) is 34.4. The second-order valence-electron chi connectivity index (χ2n) is 15.2. The predicted molar refractivity (Wildman–Crippen MR) is 220 cm³/mol. The van der Waals surface area contributed by atoms with Crippen LogP contribution in [0.4, 0.5) is 0 Å². The number of nitrogens with zero attached hydrogens (tertiary/aromatic N) is 1. The first kappa shape index (κ1) is 50.3. The van der Waals surface area contributed by atoms with Crippen LogP contribution in [0.2, 0.25) is 0 Å². The van der Waals surface area contributed by atoms with Crippen LogP contribution in [0.5, 0.6) is 0 Å². The molecule has 0 bridgehead atoms. The monoisotopic (exact) mass is 747 g/mol. The topological polar surface area (TPSA) is 99.1 Å². The van der Waals surface area contributed by atoms with Crippen LogP contribution in [0.15, 0.2) is 48.6 Å². The summed E-state index contributed by atoms with van der Waals surface area (Å²) in [5, 5.41) is 9.59. The molecule has 0 aliphatic carbocycles. The quantitative estimate of drug-likeness (QED) is 0.0292. The summed E-state index contributed by atoms with van der Waals surface area (Å²) in [4.78, 5) is 36.8. The van der Waals surface area contributed by atoms with Crippen molar-refractivity contribution in [2.75, 3.05) is 41.0 Å². The molecule has 0 rings (SSSR count). The second-order valence-corrected chi connectivity index (χ2v) is 15.2. The number of hydrogen-bond acceptors (Lipinski definition) is 6. The maximum Gasteiger partial charge on any atom is 0.362 e. The van der Waals surface area contributed by atoms with Crippen molar-refractivity contribution >= 4 is 17.9 Å². The van der Waals surface area contributed by atoms with Gasteiger partial charge in [-0.15, -0.1) is 0 Å². The van der Waals surface area contributed by atoms with Crippen molar-refractivity contribution in [1.82, 2.24) is 0 Å². The van der Waals surface area contributed by atoms with Crippen molar-refractivity contribution < 1.29 is 38.2 Å². The van der Waals surface area contributed by atoms with Crippen LogP contribution in [0.3, 0.4) is 0 Å². The fourth-order valence-electron chi connectivity index (χ4n) is 5.96. The number of unbranched alkanes of at least 4 members (excludes halogenated alkanes) is 15. The zero-order valence-electron chi connectivity index (χ0n) is 34.7. The van der Waals surface area contributed by atoms with Gasteiger partial charge in [-0.05, 0) is 51.4 Å². The van der Waals surface area contributed by atoms with Gasteiger partial charge in [0.1, 0.15) is 6.61 Å². The molecular formula is C45H80NO7+. The molecule has 0 amide bonds. The first-order valence-corrected chi connectivity index (χ1v) is 21.2. The van der Waals surface area contributed by atoms with Gasteiger partial charge in [0.2, 0.25) is 0 Å². The van der Waals surface area contributed by atoms with Crippen LogP contribution in [0.1, 0.15) is 168 Å². The largest absolute Gasteiger partial charge is 0.477 e. The van der Waals surface area contributed by atoms with Crippen LogP contribution in [0, 0.1) is 0 Å². The van der Waals surface area contributed by atoms with Gasteiger partial charge in [0.25, 0.3) is 0 Å². The van der Waals surface area contributed by atoms with Gasteiger partial charge in [-0.25, -0.2) is 4.79 Å². The maximum atomic E-state index is 12.7. The standard InChI is InChI=1S/C45H79NO7/c1-6-8-10-12-14-16-17-18-19-20-21-22-23-24-25-26-27-28-30-32-34-36-44(48)53-41(39-51-38-37-42(45(49)50)46(3,4)5)40-52-43(47)35-33-31-29-15-13-11-9-7-2/h8,10,14,16,18-19,21-22,41-42H,6-7,9,11-13,15,17,20,23-40H2,1-5H3/p+1/b10-8-,16-14-,19-18-,22-21-. The van der Waals surface area contributed by atoms with Crippen LogP contribution in [-0.2, 0) is 28.6 Å². The SMILES string of the molecule is CC/C=C\C/C=C\C/C=C\C/C=C\CCCCCCCCCCC(=O)OC(COCCC(C(=O)O)[N+](C)(C)C)COC(=O)CCCCCCCCCC. The first-order chi connectivity index (χ1) is 25.6. The molecular weight excluding hydrogens is 666 g/mol. The molecule has 2 atom stereocenters. The van der Waals surface area contributed by atoms with E-state index in [1.54, 1.807) is 0 Å². The fourth-order valence-corrected chi connectivity index (χ4v) is 5.96. The Morgan fingerprint density at radius 2 is 1.06 bits per heavy atom. The minimum atomic E-state index is -0.878. The number of carboxylic acid groups (broad SMARTS) is 1. The Labute approximate surface area is 325 Å². The van der Waals surface area contributed by atoms with E-state index >= 15 is 0 Å². The third-order valence-corrected chi connectivity index (χ3v) is 9.24. The molecule has 8 heteroatoms. The summed E-state index contributed by atoms with van der Waals surface area (Å²) in [6.45, 7) is 4.58. The highest BCUT2D eigenvalue weighted by Gasteiger charge is 2.31. The molecule has 8 nitrogen and oxygen atoms in total. The van der Waals surface area contributed by atoms with Crippen LogP contribution in [-0.4, -0.2) is 80.6 Å².